The average Bonchev–Trinajstić information content (AvgIpc) is 2.74. The molecule has 1 unspecified atom stereocenters. The van der Waals surface area contributed by atoms with E-state index in [1.807, 2.05) is 0 Å². The highest BCUT2D eigenvalue weighted by Gasteiger charge is 2.38. The molecule has 2 nitrogen and oxygen atoms in total. The quantitative estimate of drug-likeness (QED) is 0.713. The summed E-state index contributed by atoms with van der Waals surface area (Å²) in [6, 6.07) is 0. The maximum absolute atomic E-state index is 11.0. The molecule has 2 aliphatic carbocycles. The maximum Gasteiger partial charge on any atom is 0.306 e. The maximum atomic E-state index is 11.0. The van der Waals surface area contributed by atoms with Crippen LogP contribution in [0, 0.1) is 17.8 Å². The van der Waals surface area contributed by atoms with Gasteiger partial charge in [0.1, 0.15) is 0 Å². The van der Waals surface area contributed by atoms with Gasteiger partial charge in [0, 0.05) is 0 Å². The molecule has 2 aliphatic rings. The lowest BCUT2D eigenvalue weighted by atomic mass is 9.83. The van der Waals surface area contributed by atoms with Gasteiger partial charge in [0.2, 0.25) is 0 Å². The minimum absolute atomic E-state index is 0.0110. The lowest BCUT2D eigenvalue weighted by molar-refractivity contribution is -0.143. The van der Waals surface area contributed by atoms with Gasteiger partial charge >= 0.3 is 5.97 Å². The topological polar surface area (TPSA) is 37.3 Å². The van der Waals surface area contributed by atoms with Gasteiger partial charge in [-0.1, -0.05) is 32.1 Å². The SMILES string of the molecule is O=C(O)[C@@H]1CCCC1C1CCCC1. The fraction of sp³-hybridized carbons (Fsp3) is 0.909. The Morgan fingerprint density at radius 3 is 2.31 bits per heavy atom. The standard InChI is InChI=1S/C11H18O2/c12-11(13)10-7-3-6-9(10)8-4-1-2-5-8/h8-10H,1-7H2,(H,12,13)/t9?,10-/m1/s1. The largest absolute Gasteiger partial charge is 0.481 e. The second-order valence-electron chi connectivity index (χ2n) is 4.58. The van der Waals surface area contributed by atoms with Gasteiger partial charge < -0.3 is 5.11 Å². The highest BCUT2D eigenvalue weighted by molar-refractivity contribution is 5.70. The first kappa shape index (κ1) is 9.04. The Morgan fingerprint density at radius 1 is 1.00 bits per heavy atom. The first-order chi connectivity index (χ1) is 6.29. The molecule has 0 aliphatic heterocycles. The Kier molecular flexibility index (Phi) is 2.56. The van der Waals surface area contributed by atoms with E-state index in [0.717, 1.165) is 18.8 Å². The van der Waals surface area contributed by atoms with Crippen LogP contribution in [0.5, 0.6) is 0 Å². The van der Waals surface area contributed by atoms with Gasteiger partial charge in [-0.25, -0.2) is 0 Å². The van der Waals surface area contributed by atoms with Crippen LogP contribution in [0.25, 0.3) is 0 Å². The van der Waals surface area contributed by atoms with Gasteiger partial charge in [0.15, 0.2) is 0 Å². The van der Waals surface area contributed by atoms with Crippen LogP contribution in [0.15, 0.2) is 0 Å². The number of carboxylic acids is 1. The molecule has 2 atom stereocenters. The van der Waals surface area contributed by atoms with Crippen LogP contribution in [0.4, 0.5) is 0 Å². The summed E-state index contributed by atoms with van der Waals surface area (Å²) in [5.41, 5.74) is 0. The van der Waals surface area contributed by atoms with Crippen LogP contribution in [0.1, 0.15) is 44.9 Å². The fourth-order valence-electron chi connectivity index (χ4n) is 3.25. The average molecular weight is 182 g/mol. The number of rotatable bonds is 2. The van der Waals surface area contributed by atoms with Crippen molar-refractivity contribution in [3.63, 3.8) is 0 Å². The van der Waals surface area contributed by atoms with Crippen molar-refractivity contribution in [2.24, 2.45) is 17.8 Å². The Labute approximate surface area is 79.3 Å². The lowest BCUT2D eigenvalue weighted by Gasteiger charge is -2.22. The summed E-state index contributed by atoms with van der Waals surface area (Å²) in [4.78, 5) is 11.0. The summed E-state index contributed by atoms with van der Waals surface area (Å²) in [6.07, 6.45) is 8.46. The third kappa shape index (κ3) is 1.72. The first-order valence-electron chi connectivity index (χ1n) is 5.52. The normalized spacial score (nSPS) is 35.4. The van der Waals surface area contributed by atoms with E-state index in [2.05, 4.69) is 0 Å². The zero-order valence-corrected chi connectivity index (χ0v) is 8.04. The molecule has 0 spiro atoms. The molecule has 0 aromatic rings. The second-order valence-corrected chi connectivity index (χ2v) is 4.58. The van der Waals surface area contributed by atoms with Crippen molar-refractivity contribution < 1.29 is 9.90 Å². The number of hydrogen-bond acceptors (Lipinski definition) is 1. The molecular formula is C11H18O2. The van der Waals surface area contributed by atoms with Gasteiger partial charge in [-0.3, -0.25) is 4.79 Å². The smallest absolute Gasteiger partial charge is 0.306 e. The predicted molar refractivity (Wildman–Crippen MR) is 50.4 cm³/mol. The Bertz CT molecular complexity index is 194. The highest BCUT2D eigenvalue weighted by Crippen LogP contribution is 2.43. The summed E-state index contributed by atoms with van der Waals surface area (Å²) >= 11 is 0. The molecule has 0 saturated heterocycles. The van der Waals surface area contributed by atoms with Gasteiger partial charge in [0.25, 0.3) is 0 Å². The van der Waals surface area contributed by atoms with Crippen LogP contribution in [0.3, 0.4) is 0 Å². The highest BCUT2D eigenvalue weighted by atomic mass is 16.4. The number of carboxylic acid groups (broad SMARTS) is 1. The molecule has 74 valence electrons. The monoisotopic (exact) mass is 182 g/mol. The van der Waals surface area contributed by atoms with Crippen LogP contribution < -0.4 is 0 Å². The molecule has 2 heteroatoms. The van der Waals surface area contributed by atoms with Gasteiger partial charge in [-0.2, -0.15) is 0 Å². The van der Waals surface area contributed by atoms with Crippen molar-refractivity contribution in [3.8, 4) is 0 Å². The van der Waals surface area contributed by atoms with E-state index in [1.54, 1.807) is 0 Å². The van der Waals surface area contributed by atoms with Crippen molar-refractivity contribution in [1.29, 1.82) is 0 Å². The van der Waals surface area contributed by atoms with Crippen molar-refractivity contribution >= 4 is 5.97 Å². The van der Waals surface area contributed by atoms with Crippen LogP contribution >= 0.6 is 0 Å². The molecule has 1 N–H and O–H groups in total. The Balaban J connectivity index is 2.00. The fourth-order valence-corrected chi connectivity index (χ4v) is 3.25. The molecule has 2 fully saturated rings. The molecule has 0 radical (unpaired) electrons. The Morgan fingerprint density at radius 2 is 1.69 bits per heavy atom. The summed E-state index contributed by atoms with van der Waals surface area (Å²) in [5, 5.41) is 9.04. The van der Waals surface area contributed by atoms with E-state index in [4.69, 9.17) is 5.11 Å². The summed E-state index contributed by atoms with van der Waals surface area (Å²) < 4.78 is 0. The molecule has 2 saturated carbocycles. The predicted octanol–water partition coefficient (Wildman–Crippen LogP) is 2.68. The first-order valence-corrected chi connectivity index (χ1v) is 5.52. The van der Waals surface area contributed by atoms with Crippen molar-refractivity contribution in [2.75, 3.05) is 0 Å². The summed E-state index contributed by atoms with van der Waals surface area (Å²) in [7, 11) is 0. The molecule has 0 heterocycles. The zero-order chi connectivity index (χ0) is 9.26. The minimum atomic E-state index is -0.547. The van der Waals surface area contributed by atoms with Crippen molar-refractivity contribution in [1.82, 2.24) is 0 Å². The molecule has 0 bridgehead atoms. The summed E-state index contributed by atoms with van der Waals surface area (Å²) in [6.45, 7) is 0. The van der Waals surface area contributed by atoms with E-state index in [-0.39, 0.29) is 5.92 Å². The molecule has 0 aromatic carbocycles. The number of carbonyl (C=O) groups is 1. The molecule has 0 amide bonds. The van der Waals surface area contributed by atoms with Crippen LogP contribution in [-0.4, -0.2) is 11.1 Å². The lowest BCUT2D eigenvalue weighted by Crippen LogP contribution is -2.23. The van der Waals surface area contributed by atoms with E-state index in [0.29, 0.717) is 5.92 Å². The van der Waals surface area contributed by atoms with Gasteiger partial charge in [-0.15, -0.1) is 0 Å². The van der Waals surface area contributed by atoms with E-state index in [1.165, 1.54) is 32.1 Å². The van der Waals surface area contributed by atoms with Crippen LogP contribution in [-0.2, 0) is 4.79 Å². The number of aliphatic carboxylic acids is 1. The molecular weight excluding hydrogens is 164 g/mol. The third-order valence-electron chi connectivity index (χ3n) is 3.89. The molecule has 2 rings (SSSR count). The summed E-state index contributed by atoms with van der Waals surface area (Å²) in [5.74, 6) is 0.695. The molecule has 0 aromatic heterocycles. The van der Waals surface area contributed by atoms with Crippen molar-refractivity contribution in [3.05, 3.63) is 0 Å². The third-order valence-corrected chi connectivity index (χ3v) is 3.89. The Hall–Kier alpha value is -0.530. The molecule has 13 heavy (non-hydrogen) atoms. The van der Waals surface area contributed by atoms with E-state index >= 15 is 0 Å². The van der Waals surface area contributed by atoms with E-state index in [9.17, 15) is 4.79 Å². The van der Waals surface area contributed by atoms with Gasteiger partial charge in [-0.05, 0) is 24.7 Å². The minimum Gasteiger partial charge on any atom is -0.481 e. The van der Waals surface area contributed by atoms with Crippen molar-refractivity contribution in [2.45, 2.75) is 44.9 Å². The van der Waals surface area contributed by atoms with Gasteiger partial charge in [0.05, 0.1) is 5.92 Å². The number of hydrogen-bond donors (Lipinski definition) is 1. The van der Waals surface area contributed by atoms with Crippen LogP contribution in [0.2, 0.25) is 0 Å². The second kappa shape index (κ2) is 3.69. The van der Waals surface area contributed by atoms with E-state index < -0.39 is 5.97 Å². The zero-order valence-electron chi connectivity index (χ0n) is 8.04.